The number of anilines is 1. The number of fused-ring (bicyclic) bond motifs is 1. The summed E-state index contributed by atoms with van der Waals surface area (Å²) in [4.78, 5) is 17.1. The van der Waals surface area contributed by atoms with Crippen LogP contribution in [-0.4, -0.2) is 75.9 Å². The highest BCUT2D eigenvalue weighted by molar-refractivity contribution is 7.90. The molecule has 1 aliphatic rings. The molecular formula is C25H32BN5O8S. The summed E-state index contributed by atoms with van der Waals surface area (Å²) in [5.74, 6) is 0.205. The Bertz CT molecular complexity index is 1480. The molecule has 0 aliphatic heterocycles. The standard InChI is InChI=1S/C25H32BN5O8S/c1-25(2,26(35)36)15-31-11-9-22(29-31)40(37,38)30-24(34)28-23-19-5-3-4-16(19)6-7-20(23)17-8-10-27-21(12-17)39-14-18(33)13-32/h6-12,18,32-33,35-36H,3-5,13-15H2,1-2H3,(H2,28,30,34). The minimum Gasteiger partial charge on any atom is -0.475 e. The van der Waals surface area contributed by atoms with Crippen molar-refractivity contribution in [1.82, 2.24) is 19.5 Å². The lowest BCUT2D eigenvalue weighted by molar-refractivity contribution is 0.0521. The molecule has 0 fully saturated rings. The second-order valence-corrected chi connectivity index (χ2v) is 11.9. The van der Waals surface area contributed by atoms with E-state index in [1.807, 2.05) is 16.9 Å². The highest BCUT2D eigenvalue weighted by atomic mass is 32.2. The van der Waals surface area contributed by atoms with Crippen molar-refractivity contribution in [2.24, 2.45) is 0 Å². The minimum atomic E-state index is -4.34. The second kappa shape index (κ2) is 11.9. The molecule has 2 heterocycles. The minimum absolute atomic E-state index is 0.0302. The highest BCUT2D eigenvalue weighted by Crippen LogP contribution is 2.38. The first-order chi connectivity index (χ1) is 18.9. The number of nitrogens with one attached hydrogen (secondary N) is 2. The number of aryl methyl sites for hydroxylation is 1. The van der Waals surface area contributed by atoms with Crippen LogP contribution in [0.4, 0.5) is 10.5 Å². The van der Waals surface area contributed by atoms with Crippen molar-refractivity contribution in [3.63, 3.8) is 0 Å². The number of pyridine rings is 1. The van der Waals surface area contributed by atoms with Crippen molar-refractivity contribution < 1.29 is 38.2 Å². The molecule has 1 atom stereocenters. The van der Waals surface area contributed by atoms with Gasteiger partial charge in [0.2, 0.25) is 5.88 Å². The number of hydrogen-bond acceptors (Lipinski definition) is 10. The molecule has 13 nitrogen and oxygen atoms in total. The quantitative estimate of drug-likeness (QED) is 0.180. The molecule has 6 N–H and O–H groups in total. The first kappa shape index (κ1) is 29.5. The lowest BCUT2D eigenvalue weighted by Gasteiger charge is -2.22. The summed E-state index contributed by atoms with van der Waals surface area (Å²) in [6.45, 7) is 2.59. The monoisotopic (exact) mass is 573 g/mol. The Morgan fingerprint density at radius 2 is 2.00 bits per heavy atom. The molecule has 40 heavy (non-hydrogen) atoms. The third kappa shape index (κ3) is 6.79. The summed E-state index contributed by atoms with van der Waals surface area (Å²) in [5.41, 5.74) is 3.67. The van der Waals surface area contributed by atoms with E-state index in [4.69, 9.17) is 9.84 Å². The summed E-state index contributed by atoms with van der Waals surface area (Å²) in [7, 11) is -5.99. The molecular weight excluding hydrogens is 541 g/mol. The van der Waals surface area contributed by atoms with Gasteiger partial charge in [-0.1, -0.05) is 26.0 Å². The van der Waals surface area contributed by atoms with Gasteiger partial charge < -0.3 is 30.3 Å². The zero-order valence-corrected chi connectivity index (χ0v) is 22.9. The van der Waals surface area contributed by atoms with Crippen molar-refractivity contribution in [3.8, 4) is 17.0 Å². The Balaban J connectivity index is 1.56. The number of amides is 2. The summed E-state index contributed by atoms with van der Waals surface area (Å²) in [5, 5.41) is 42.9. The van der Waals surface area contributed by atoms with Crippen LogP contribution >= 0.6 is 0 Å². The van der Waals surface area contributed by atoms with Crippen LogP contribution in [0.1, 0.15) is 31.4 Å². The molecule has 15 heteroatoms. The Morgan fingerprint density at radius 3 is 2.73 bits per heavy atom. The fourth-order valence-corrected chi connectivity index (χ4v) is 5.18. The number of hydrogen-bond donors (Lipinski definition) is 6. The van der Waals surface area contributed by atoms with Crippen LogP contribution in [0.5, 0.6) is 5.88 Å². The van der Waals surface area contributed by atoms with Crippen LogP contribution in [0, 0.1) is 0 Å². The maximum atomic E-state index is 13.0. The molecule has 0 spiro atoms. The number of sulfonamides is 1. The third-order valence-electron chi connectivity index (χ3n) is 6.59. The van der Waals surface area contributed by atoms with Gasteiger partial charge in [0, 0.05) is 35.9 Å². The molecule has 4 rings (SSSR count). The van der Waals surface area contributed by atoms with Crippen LogP contribution in [-0.2, 0) is 29.4 Å². The molecule has 1 unspecified atom stereocenters. The van der Waals surface area contributed by atoms with Crippen LogP contribution in [0.2, 0.25) is 5.31 Å². The average Bonchev–Trinajstić information content (AvgIpc) is 3.57. The van der Waals surface area contributed by atoms with E-state index < -0.39 is 46.2 Å². The zero-order valence-electron chi connectivity index (χ0n) is 22.1. The predicted octanol–water partition coefficient (Wildman–Crippen LogP) is 0.929. The molecule has 2 amide bonds. The molecule has 1 aliphatic carbocycles. The van der Waals surface area contributed by atoms with E-state index in [-0.39, 0.29) is 19.0 Å². The van der Waals surface area contributed by atoms with E-state index in [1.54, 1.807) is 26.0 Å². The first-order valence-corrected chi connectivity index (χ1v) is 14.1. The third-order valence-corrected chi connectivity index (χ3v) is 7.81. The smallest absolute Gasteiger partial charge is 0.459 e. The molecule has 0 saturated carbocycles. The largest absolute Gasteiger partial charge is 0.475 e. The average molecular weight is 573 g/mol. The van der Waals surface area contributed by atoms with Crippen molar-refractivity contribution in [2.45, 2.75) is 56.1 Å². The maximum Gasteiger partial charge on any atom is 0.459 e. The number of carbonyl (C=O) groups is 1. The number of nitrogens with zero attached hydrogens (tertiary/aromatic N) is 3. The van der Waals surface area contributed by atoms with Crippen LogP contribution < -0.4 is 14.8 Å². The Labute approximate surface area is 232 Å². The van der Waals surface area contributed by atoms with E-state index >= 15 is 0 Å². The van der Waals surface area contributed by atoms with Gasteiger partial charge in [-0.2, -0.15) is 13.5 Å². The summed E-state index contributed by atoms with van der Waals surface area (Å²) in [6, 6.07) is 7.37. The topological polar surface area (TPSA) is 196 Å². The number of ether oxygens (including phenoxy) is 1. The van der Waals surface area contributed by atoms with Crippen molar-refractivity contribution in [2.75, 3.05) is 18.5 Å². The second-order valence-electron chi connectivity index (χ2n) is 10.3. The normalized spacial score (nSPS) is 13.9. The number of carbonyl (C=O) groups excluding carboxylic acids is 1. The Morgan fingerprint density at radius 1 is 1.23 bits per heavy atom. The van der Waals surface area contributed by atoms with E-state index in [1.165, 1.54) is 23.1 Å². The Hall–Kier alpha value is -3.50. The summed E-state index contributed by atoms with van der Waals surface area (Å²) >= 11 is 0. The van der Waals surface area contributed by atoms with Gasteiger partial charge in [0.1, 0.15) is 12.7 Å². The SMILES string of the molecule is CC(C)(Cn1ccc(S(=O)(=O)NC(=O)Nc2c(-c3ccnc(OCC(O)CO)c3)ccc3c2CCC3)n1)B(O)O. The van der Waals surface area contributed by atoms with E-state index in [0.717, 1.165) is 24.0 Å². The van der Waals surface area contributed by atoms with Gasteiger partial charge >= 0.3 is 13.1 Å². The molecule has 2 aromatic heterocycles. The van der Waals surface area contributed by atoms with Gasteiger partial charge in [0.25, 0.3) is 10.0 Å². The molecule has 3 aromatic rings. The summed E-state index contributed by atoms with van der Waals surface area (Å²) in [6.07, 6.45) is 4.22. The molecule has 0 radical (unpaired) electrons. The number of aromatic nitrogens is 3. The van der Waals surface area contributed by atoms with E-state index in [0.29, 0.717) is 23.2 Å². The molecule has 0 bridgehead atoms. The fraction of sp³-hybridized carbons (Fsp3) is 0.400. The number of aliphatic hydroxyl groups is 2. The molecule has 1 aromatic carbocycles. The fourth-order valence-electron chi connectivity index (χ4n) is 4.33. The number of benzene rings is 1. The van der Waals surface area contributed by atoms with Crippen LogP contribution in [0.3, 0.4) is 0 Å². The van der Waals surface area contributed by atoms with Gasteiger partial charge in [-0.05, 0) is 48.1 Å². The van der Waals surface area contributed by atoms with Gasteiger partial charge in [-0.25, -0.2) is 14.5 Å². The van der Waals surface area contributed by atoms with Gasteiger partial charge in [-0.3, -0.25) is 4.68 Å². The summed E-state index contributed by atoms with van der Waals surface area (Å²) < 4.78 is 34.6. The van der Waals surface area contributed by atoms with Crippen molar-refractivity contribution >= 4 is 28.9 Å². The molecule has 0 saturated heterocycles. The van der Waals surface area contributed by atoms with Gasteiger partial charge in [0.15, 0.2) is 5.03 Å². The van der Waals surface area contributed by atoms with E-state index in [9.17, 15) is 28.4 Å². The van der Waals surface area contributed by atoms with Crippen LogP contribution in [0.15, 0.2) is 47.8 Å². The first-order valence-electron chi connectivity index (χ1n) is 12.7. The lowest BCUT2D eigenvalue weighted by atomic mass is 9.60. The van der Waals surface area contributed by atoms with E-state index in [2.05, 4.69) is 15.4 Å². The van der Waals surface area contributed by atoms with Gasteiger partial charge in [0.05, 0.1) is 12.3 Å². The van der Waals surface area contributed by atoms with Gasteiger partial charge in [-0.15, -0.1) is 0 Å². The predicted molar refractivity (Wildman–Crippen MR) is 146 cm³/mol. The molecule has 214 valence electrons. The number of rotatable bonds is 11. The van der Waals surface area contributed by atoms with Crippen molar-refractivity contribution in [1.29, 1.82) is 0 Å². The Kier molecular flexibility index (Phi) is 8.80. The lowest BCUT2D eigenvalue weighted by Crippen LogP contribution is -2.35. The zero-order chi connectivity index (χ0) is 29.1. The number of aliphatic hydroxyl groups excluding tert-OH is 2. The maximum absolute atomic E-state index is 13.0. The van der Waals surface area contributed by atoms with Crippen LogP contribution in [0.25, 0.3) is 11.1 Å². The highest BCUT2D eigenvalue weighted by Gasteiger charge is 2.33. The number of urea groups is 1. The van der Waals surface area contributed by atoms with Crippen molar-refractivity contribution in [3.05, 3.63) is 53.9 Å².